The molecule has 4 N–H and O–H groups in total. The Morgan fingerprint density at radius 1 is 0.933 bits per heavy atom. The van der Waals surface area contributed by atoms with Crippen molar-refractivity contribution in [3.63, 3.8) is 0 Å². The van der Waals surface area contributed by atoms with Crippen LogP contribution < -0.4 is 118 Å². The minimum atomic E-state index is -4.67. The second-order valence-corrected chi connectivity index (χ2v) is 1.63. The van der Waals surface area contributed by atoms with Gasteiger partial charge in [0.15, 0.2) is 0 Å². The molecule has 0 aromatic carbocycles. The number of carboxylic acid groups (broad SMARTS) is 2. The van der Waals surface area contributed by atoms with Gasteiger partial charge in [0.05, 0.1) is 0 Å². The summed E-state index contributed by atoms with van der Waals surface area (Å²) in [5, 5.41) is 13.9. The van der Waals surface area contributed by atoms with Gasteiger partial charge in [-0.25, -0.2) is 4.79 Å². The van der Waals surface area contributed by atoms with Crippen molar-refractivity contribution in [3.05, 3.63) is 0 Å². The van der Waals surface area contributed by atoms with Gasteiger partial charge in [0, 0.05) is 0 Å². The van der Waals surface area contributed by atoms with Gasteiger partial charge in [0.25, 0.3) is 0 Å². The molecule has 0 aliphatic heterocycles. The summed E-state index contributed by atoms with van der Waals surface area (Å²) >= 11 is 0. The summed E-state index contributed by atoms with van der Waals surface area (Å²) in [4.78, 5) is 8.56. The number of rotatable bonds is 0. The molecule has 0 aromatic heterocycles. The van der Waals surface area contributed by atoms with Gasteiger partial charge in [-0.1, -0.05) is 0 Å². The molecule has 0 radical (unpaired) electrons. The first kappa shape index (κ1) is 51.1. The van der Waals surface area contributed by atoms with E-state index in [1.165, 1.54) is 0 Å². The summed E-state index contributed by atoms with van der Waals surface area (Å²) in [6.45, 7) is 0. The Hall–Kier alpha value is 3.78. The number of halogens is 1. The van der Waals surface area contributed by atoms with Crippen LogP contribution in [0.25, 0.3) is 0 Å². The van der Waals surface area contributed by atoms with Crippen LogP contribution in [0, 0.1) is 0 Å². The van der Waals surface area contributed by atoms with E-state index in [9.17, 15) is 0 Å². The Bertz CT molecular complexity index is 186. The van der Waals surface area contributed by atoms with Crippen LogP contribution in [0.2, 0.25) is 0 Å². The van der Waals surface area contributed by atoms with Crippen molar-refractivity contribution in [1.29, 1.82) is 0 Å². The maximum atomic E-state index is 8.74. The standard InChI is InChI=1S/CH2O3.ClH.4Na.H2O4S.H2S.4H/c2-1(3)4;;;;;;1-5(2,3)4;;;;;/h(H2,2,3,4);1H;;;;;(H2,1,2,3,4);1H2;;;;/q;;4*+1;;;4*-1. The third-order valence-corrected chi connectivity index (χ3v) is 0. The van der Waals surface area contributed by atoms with Crippen molar-refractivity contribution >= 4 is 42.5 Å². The first-order valence-corrected chi connectivity index (χ1v) is 2.75. The minimum Gasteiger partial charge on any atom is -1.00 e. The molecule has 0 rings (SSSR count). The molecule has 0 saturated heterocycles. The fourth-order valence-electron chi connectivity index (χ4n) is 0. The molecular weight excluding hydrogens is 316 g/mol. The minimum absolute atomic E-state index is 0. The van der Waals surface area contributed by atoms with Gasteiger partial charge in [-0.15, -0.1) is 12.4 Å². The van der Waals surface area contributed by atoms with Gasteiger partial charge in [-0.05, 0) is 0 Å². The zero-order valence-electron chi connectivity index (χ0n) is 12.8. The van der Waals surface area contributed by atoms with Crippen LogP contribution in [-0.2, 0) is 10.4 Å². The third kappa shape index (κ3) is 310. The van der Waals surface area contributed by atoms with Gasteiger partial charge in [-0.2, -0.15) is 21.9 Å². The molecule has 0 spiro atoms. The molecule has 15 heavy (non-hydrogen) atoms. The average molecular weight is 327 g/mol. The van der Waals surface area contributed by atoms with Crippen LogP contribution in [0.3, 0.4) is 0 Å². The zero-order chi connectivity index (χ0) is 8.08. The molecule has 0 fully saturated rings. The largest absolute Gasteiger partial charge is 1.00 e. The van der Waals surface area contributed by atoms with Crippen LogP contribution >= 0.6 is 25.9 Å². The zero-order valence-corrected chi connectivity index (χ0v) is 19.5. The maximum absolute atomic E-state index is 8.74. The van der Waals surface area contributed by atoms with Crippen LogP contribution in [0.5, 0.6) is 0 Å². The Morgan fingerprint density at radius 2 is 0.933 bits per heavy atom. The molecule has 0 aliphatic rings. The van der Waals surface area contributed by atoms with Crippen molar-refractivity contribution in [2.24, 2.45) is 0 Å². The van der Waals surface area contributed by atoms with E-state index in [1.807, 2.05) is 0 Å². The summed E-state index contributed by atoms with van der Waals surface area (Å²) in [6, 6.07) is 0. The first-order chi connectivity index (χ1) is 3.73. The number of hydrogen-bond acceptors (Lipinski definition) is 3. The molecule has 0 bridgehead atoms. The fraction of sp³-hybridized carbons (Fsp3) is 0. The van der Waals surface area contributed by atoms with Crippen molar-refractivity contribution in [1.82, 2.24) is 0 Å². The average Bonchev–Trinajstić information content (AvgIpc) is 1.19. The monoisotopic (exact) mass is 326 g/mol. The van der Waals surface area contributed by atoms with E-state index in [0.29, 0.717) is 0 Å². The quantitative estimate of drug-likeness (QED) is 0.257. The molecule has 0 amide bonds. The topological polar surface area (TPSA) is 132 Å². The molecule has 0 unspecified atom stereocenters. The van der Waals surface area contributed by atoms with E-state index in [0.717, 1.165) is 0 Å². The van der Waals surface area contributed by atoms with E-state index in [-0.39, 0.29) is 150 Å². The normalized spacial score (nSPS) is 5.47. The van der Waals surface area contributed by atoms with Gasteiger partial charge >= 0.3 is 135 Å². The molecular formula is CH11ClNa4O7S2. The van der Waals surface area contributed by atoms with Crippen LogP contribution in [0.4, 0.5) is 4.79 Å². The van der Waals surface area contributed by atoms with E-state index in [4.69, 9.17) is 32.5 Å². The molecule has 0 aliphatic carbocycles. The summed E-state index contributed by atoms with van der Waals surface area (Å²) in [6.07, 6.45) is -1.83. The van der Waals surface area contributed by atoms with E-state index < -0.39 is 16.6 Å². The van der Waals surface area contributed by atoms with E-state index in [2.05, 4.69) is 0 Å². The Morgan fingerprint density at radius 3 is 0.933 bits per heavy atom. The van der Waals surface area contributed by atoms with Gasteiger partial charge in [-0.3, -0.25) is 9.11 Å². The van der Waals surface area contributed by atoms with E-state index >= 15 is 0 Å². The molecule has 0 heterocycles. The van der Waals surface area contributed by atoms with Gasteiger partial charge in [0.2, 0.25) is 0 Å². The van der Waals surface area contributed by atoms with Crippen molar-refractivity contribution in [2.45, 2.75) is 0 Å². The number of hydrogen-bond donors (Lipinski definition) is 4. The maximum Gasteiger partial charge on any atom is 1.00 e. The summed E-state index contributed by atoms with van der Waals surface area (Å²) in [5.74, 6) is 0. The van der Waals surface area contributed by atoms with Crippen LogP contribution in [-0.4, -0.2) is 33.9 Å². The van der Waals surface area contributed by atoms with Crippen molar-refractivity contribution in [3.8, 4) is 0 Å². The predicted octanol–water partition coefficient (Wildman–Crippen LogP) is -11.4. The second kappa shape index (κ2) is 30.7. The first-order valence-electron chi connectivity index (χ1n) is 1.35. The third-order valence-electron chi connectivity index (χ3n) is 0. The van der Waals surface area contributed by atoms with Gasteiger partial charge < -0.3 is 15.9 Å². The molecule has 0 aromatic rings. The van der Waals surface area contributed by atoms with Crippen LogP contribution in [0.1, 0.15) is 5.71 Å². The Labute approximate surface area is 195 Å². The van der Waals surface area contributed by atoms with E-state index in [1.54, 1.807) is 0 Å². The predicted molar refractivity (Wildman–Crippen MR) is 46.9 cm³/mol. The number of carbonyl (C=O) groups is 1. The molecule has 7 nitrogen and oxygen atoms in total. The van der Waals surface area contributed by atoms with Gasteiger partial charge in [0.1, 0.15) is 0 Å². The fourth-order valence-corrected chi connectivity index (χ4v) is 0. The second-order valence-electron chi connectivity index (χ2n) is 0.730. The van der Waals surface area contributed by atoms with Crippen molar-refractivity contribution < 1.29 is 156 Å². The molecule has 14 heteroatoms. The summed E-state index contributed by atoms with van der Waals surface area (Å²) < 4.78 is 31.6. The SMILES string of the molecule is Cl.O=C(O)O.O=S(=O)(O)O.S.[H-].[H-].[H-].[H-].[Na+].[Na+].[Na+].[Na+]. The molecule has 80 valence electrons. The van der Waals surface area contributed by atoms with Crippen LogP contribution in [0.15, 0.2) is 0 Å². The summed E-state index contributed by atoms with van der Waals surface area (Å²) in [5.41, 5.74) is 0. The molecule has 0 atom stereocenters. The Kier molecular flexibility index (Phi) is 104. The Balaban J connectivity index is -0.00000000340. The smallest absolute Gasteiger partial charge is 1.00 e. The summed E-state index contributed by atoms with van der Waals surface area (Å²) in [7, 11) is -4.67. The molecule has 0 saturated carbocycles. The van der Waals surface area contributed by atoms with Crippen molar-refractivity contribution in [2.75, 3.05) is 0 Å².